The normalized spacial score (nSPS) is 30.2. The molecule has 0 atom stereocenters. The Bertz CT molecular complexity index is 149. The highest BCUT2D eigenvalue weighted by Crippen LogP contribution is 2.34. The Morgan fingerprint density at radius 1 is 1.50 bits per heavy atom. The van der Waals surface area contributed by atoms with Gasteiger partial charge in [-0.1, -0.05) is 6.58 Å². The third kappa shape index (κ3) is 0.879. The van der Waals surface area contributed by atoms with Gasteiger partial charge in [-0.25, -0.2) is 0 Å². The summed E-state index contributed by atoms with van der Waals surface area (Å²) < 4.78 is 5.60. The van der Waals surface area contributed by atoms with E-state index in [4.69, 9.17) is 4.74 Å². The highest BCUT2D eigenvalue weighted by Gasteiger charge is 2.39. The molecule has 2 aliphatic rings. The lowest BCUT2D eigenvalue weighted by Gasteiger charge is -2.45. The van der Waals surface area contributed by atoms with Crippen LogP contribution in [0.25, 0.3) is 0 Å². The van der Waals surface area contributed by atoms with Gasteiger partial charge in [-0.3, -0.25) is 5.32 Å². The molecule has 1 spiro atoms. The fourth-order valence-electron chi connectivity index (χ4n) is 1.45. The van der Waals surface area contributed by atoms with E-state index in [-0.39, 0.29) is 5.72 Å². The zero-order valence-corrected chi connectivity index (χ0v) is 6.15. The van der Waals surface area contributed by atoms with E-state index in [1.807, 2.05) is 0 Å². The summed E-state index contributed by atoms with van der Waals surface area (Å²) in [7, 11) is 0. The van der Waals surface area contributed by atoms with Gasteiger partial charge < -0.3 is 4.74 Å². The van der Waals surface area contributed by atoms with Gasteiger partial charge in [0.05, 0.1) is 6.61 Å². The van der Waals surface area contributed by atoms with Gasteiger partial charge in [0.25, 0.3) is 0 Å². The van der Waals surface area contributed by atoms with Crippen LogP contribution in [0.4, 0.5) is 0 Å². The Morgan fingerprint density at radius 3 is 2.70 bits per heavy atom. The van der Waals surface area contributed by atoms with Crippen molar-refractivity contribution < 1.29 is 4.74 Å². The Kier molecular flexibility index (Phi) is 1.32. The molecule has 2 heteroatoms. The van der Waals surface area contributed by atoms with Crippen molar-refractivity contribution in [1.29, 1.82) is 0 Å². The maximum atomic E-state index is 5.60. The molecule has 1 aliphatic carbocycles. The van der Waals surface area contributed by atoms with Crippen LogP contribution < -0.4 is 5.32 Å². The Hall–Kier alpha value is -0.340. The molecule has 0 radical (unpaired) electrons. The fourth-order valence-corrected chi connectivity index (χ4v) is 1.45. The summed E-state index contributed by atoms with van der Waals surface area (Å²) in [4.78, 5) is 0. The summed E-state index contributed by atoms with van der Waals surface area (Å²) in [6, 6.07) is 0. The number of hydrogen-bond acceptors (Lipinski definition) is 2. The molecule has 0 aromatic carbocycles. The molecule has 0 aromatic rings. The first-order chi connectivity index (χ1) is 4.81. The minimum Gasteiger partial charge on any atom is -0.356 e. The third-order valence-corrected chi connectivity index (χ3v) is 2.37. The minimum absolute atomic E-state index is 0.0706. The molecule has 10 heavy (non-hydrogen) atoms. The number of ether oxygens (including phenoxy) is 1. The molecule has 0 amide bonds. The highest BCUT2D eigenvalue weighted by molar-refractivity contribution is 5.05. The van der Waals surface area contributed by atoms with Crippen LogP contribution in [0.15, 0.2) is 12.2 Å². The van der Waals surface area contributed by atoms with E-state index in [0.29, 0.717) is 0 Å². The molecule has 0 bridgehead atoms. The quantitative estimate of drug-likeness (QED) is 0.506. The lowest BCUT2D eigenvalue weighted by molar-refractivity contribution is -0.128. The first kappa shape index (κ1) is 6.38. The van der Waals surface area contributed by atoms with Crippen LogP contribution in [0.2, 0.25) is 0 Å². The lowest BCUT2D eigenvalue weighted by atomic mass is 9.87. The molecule has 2 fully saturated rings. The summed E-state index contributed by atoms with van der Waals surface area (Å²) in [5.41, 5.74) is 1.24. The van der Waals surface area contributed by atoms with E-state index in [2.05, 4.69) is 11.9 Å². The number of hydrogen-bond donors (Lipinski definition) is 1. The van der Waals surface area contributed by atoms with Gasteiger partial charge in [0.15, 0.2) is 0 Å². The van der Waals surface area contributed by atoms with Crippen LogP contribution in [-0.4, -0.2) is 18.9 Å². The summed E-state index contributed by atoms with van der Waals surface area (Å²) in [6.07, 6.45) is 3.67. The summed E-state index contributed by atoms with van der Waals surface area (Å²) >= 11 is 0. The Morgan fingerprint density at radius 2 is 2.30 bits per heavy atom. The third-order valence-electron chi connectivity index (χ3n) is 2.37. The van der Waals surface area contributed by atoms with Crippen LogP contribution in [0, 0.1) is 0 Å². The molecular weight excluding hydrogens is 126 g/mol. The van der Waals surface area contributed by atoms with Crippen molar-refractivity contribution in [2.45, 2.75) is 25.0 Å². The van der Waals surface area contributed by atoms with Crippen molar-refractivity contribution in [3.8, 4) is 0 Å². The van der Waals surface area contributed by atoms with Crippen LogP contribution in [0.3, 0.4) is 0 Å². The zero-order valence-electron chi connectivity index (χ0n) is 6.15. The molecular formula is C8H13NO. The van der Waals surface area contributed by atoms with E-state index in [1.165, 1.54) is 19.3 Å². The lowest BCUT2D eigenvalue weighted by Crippen LogP contribution is -2.57. The zero-order chi connectivity index (χ0) is 7.03. The molecule has 1 aliphatic heterocycles. The van der Waals surface area contributed by atoms with E-state index >= 15 is 0 Å². The van der Waals surface area contributed by atoms with Crippen molar-refractivity contribution in [3.63, 3.8) is 0 Å². The largest absolute Gasteiger partial charge is 0.356 e. The highest BCUT2D eigenvalue weighted by atomic mass is 16.5. The van der Waals surface area contributed by atoms with Gasteiger partial charge in [-0.15, -0.1) is 0 Å². The molecule has 0 aromatic heterocycles. The van der Waals surface area contributed by atoms with Crippen LogP contribution in [0.5, 0.6) is 0 Å². The summed E-state index contributed by atoms with van der Waals surface area (Å²) in [5.74, 6) is 0. The number of rotatable bonds is 0. The predicted molar refractivity (Wildman–Crippen MR) is 39.7 cm³/mol. The smallest absolute Gasteiger partial charge is 0.119 e. The maximum absolute atomic E-state index is 5.60. The standard InChI is InChI=1S/C8H13NO/c1-7-5-9-8(10-6-7)3-2-4-8/h9H,1-6H2. The Balaban J connectivity index is 1.96. The van der Waals surface area contributed by atoms with Crippen molar-refractivity contribution in [1.82, 2.24) is 5.32 Å². The Labute approximate surface area is 61.3 Å². The topological polar surface area (TPSA) is 21.3 Å². The van der Waals surface area contributed by atoms with Crippen molar-refractivity contribution in [3.05, 3.63) is 12.2 Å². The molecule has 1 N–H and O–H groups in total. The molecule has 0 unspecified atom stereocenters. The predicted octanol–water partition coefficient (Wildman–Crippen LogP) is 1.04. The van der Waals surface area contributed by atoms with Crippen LogP contribution >= 0.6 is 0 Å². The first-order valence-electron chi connectivity index (χ1n) is 3.86. The van der Waals surface area contributed by atoms with Crippen molar-refractivity contribution in [2.24, 2.45) is 0 Å². The SMILES string of the molecule is C=C1CNC2(CCC2)OC1. The van der Waals surface area contributed by atoms with E-state index < -0.39 is 0 Å². The van der Waals surface area contributed by atoms with Crippen molar-refractivity contribution in [2.75, 3.05) is 13.2 Å². The number of nitrogens with one attached hydrogen (secondary N) is 1. The van der Waals surface area contributed by atoms with Gasteiger partial charge in [0.1, 0.15) is 5.72 Å². The second kappa shape index (κ2) is 2.07. The second-order valence-electron chi connectivity index (χ2n) is 3.24. The molecule has 1 saturated carbocycles. The average molecular weight is 139 g/mol. The van der Waals surface area contributed by atoms with Crippen LogP contribution in [0.1, 0.15) is 19.3 Å². The van der Waals surface area contributed by atoms with Gasteiger partial charge in [-0.2, -0.15) is 0 Å². The van der Waals surface area contributed by atoms with E-state index in [9.17, 15) is 0 Å². The van der Waals surface area contributed by atoms with E-state index in [1.54, 1.807) is 0 Å². The maximum Gasteiger partial charge on any atom is 0.119 e. The van der Waals surface area contributed by atoms with Gasteiger partial charge in [0, 0.05) is 6.54 Å². The monoisotopic (exact) mass is 139 g/mol. The van der Waals surface area contributed by atoms with Gasteiger partial charge in [-0.05, 0) is 24.8 Å². The minimum atomic E-state index is 0.0706. The molecule has 1 heterocycles. The van der Waals surface area contributed by atoms with Crippen molar-refractivity contribution >= 4 is 0 Å². The van der Waals surface area contributed by atoms with Gasteiger partial charge >= 0.3 is 0 Å². The second-order valence-corrected chi connectivity index (χ2v) is 3.24. The molecule has 1 saturated heterocycles. The molecule has 2 nitrogen and oxygen atoms in total. The molecule has 56 valence electrons. The average Bonchev–Trinajstić information content (AvgIpc) is 1.86. The fraction of sp³-hybridized carbons (Fsp3) is 0.750. The van der Waals surface area contributed by atoms with Gasteiger partial charge in [0.2, 0.25) is 0 Å². The van der Waals surface area contributed by atoms with E-state index in [0.717, 1.165) is 18.7 Å². The van der Waals surface area contributed by atoms with Crippen LogP contribution in [-0.2, 0) is 4.74 Å². The summed E-state index contributed by atoms with van der Waals surface area (Å²) in [6.45, 7) is 5.55. The molecule has 2 rings (SSSR count). The summed E-state index contributed by atoms with van der Waals surface area (Å²) in [5, 5.41) is 3.36. The first-order valence-corrected chi connectivity index (χ1v) is 3.86.